The molecule has 22 heavy (non-hydrogen) atoms. The van der Waals surface area contributed by atoms with Gasteiger partial charge in [0.15, 0.2) is 0 Å². The molecule has 2 aromatic rings. The summed E-state index contributed by atoms with van der Waals surface area (Å²) in [6, 6.07) is 8.51. The molecule has 1 aliphatic rings. The van der Waals surface area contributed by atoms with E-state index in [2.05, 4.69) is 27.5 Å². The van der Waals surface area contributed by atoms with Gasteiger partial charge in [0, 0.05) is 12.1 Å². The van der Waals surface area contributed by atoms with Crippen molar-refractivity contribution in [3.63, 3.8) is 0 Å². The van der Waals surface area contributed by atoms with Crippen molar-refractivity contribution in [2.45, 2.75) is 38.6 Å². The maximum absolute atomic E-state index is 5.39. The van der Waals surface area contributed by atoms with Gasteiger partial charge in [-0.2, -0.15) is 0 Å². The molecular formula is C17H22N4O. The zero-order valence-corrected chi connectivity index (χ0v) is 13.1. The maximum Gasteiger partial charge on any atom is 0.142 e. The number of benzene rings is 1. The summed E-state index contributed by atoms with van der Waals surface area (Å²) < 4.78 is 5.39. The van der Waals surface area contributed by atoms with Crippen LogP contribution in [0.3, 0.4) is 0 Å². The number of anilines is 3. The Bertz CT molecular complexity index is 638. The van der Waals surface area contributed by atoms with Crippen molar-refractivity contribution < 1.29 is 4.74 Å². The van der Waals surface area contributed by atoms with Gasteiger partial charge in [-0.25, -0.2) is 9.97 Å². The van der Waals surface area contributed by atoms with Crippen LogP contribution >= 0.6 is 0 Å². The number of nitrogens with zero attached hydrogens (tertiary/aromatic N) is 2. The second-order valence-corrected chi connectivity index (χ2v) is 5.74. The Kier molecular flexibility index (Phi) is 4.42. The van der Waals surface area contributed by atoms with Crippen LogP contribution in [0.15, 0.2) is 30.6 Å². The number of aryl methyl sites for hydroxylation is 1. The van der Waals surface area contributed by atoms with E-state index in [1.807, 2.05) is 24.3 Å². The molecule has 5 heteroatoms. The van der Waals surface area contributed by atoms with Crippen molar-refractivity contribution in [3.8, 4) is 5.75 Å². The summed E-state index contributed by atoms with van der Waals surface area (Å²) in [4.78, 5) is 8.61. The minimum atomic E-state index is 0.538. The highest BCUT2D eigenvalue weighted by Gasteiger charge is 2.15. The van der Waals surface area contributed by atoms with Crippen molar-refractivity contribution >= 4 is 17.3 Å². The minimum Gasteiger partial charge on any atom is -0.495 e. The van der Waals surface area contributed by atoms with Crippen LogP contribution in [0.2, 0.25) is 0 Å². The molecule has 0 atom stereocenters. The second-order valence-electron chi connectivity index (χ2n) is 5.74. The molecule has 1 aromatic carbocycles. The Morgan fingerprint density at radius 1 is 1.09 bits per heavy atom. The van der Waals surface area contributed by atoms with Crippen LogP contribution in [0.1, 0.15) is 31.2 Å². The largest absolute Gasteiger partial charge is 0.495 e. The molecule has 5 nitrogen and oxygen atoms in total. The highest BCUT2D eigenvalue weighted by atomic mass is 16.5. The lowest BCUT2D eigenvalue weighted by Gasteiger charge is -2.14. The van der Waals surface area contributed by atoms with E-state index in [1.165, 1.54) is 31.2 Å². The molecule has 0 amide bonds. The van der Waals surface area contributed by atoms with Gasteiger partial charge in [0.25, 0.3) is 0 Å². The van der Waals surface area contributed by atoms with Gasteiger partial charge in [-0.1, -0.05) is 18.9 Å². The Labute approximate surface area is 131 Å². The van der Waals surface area contributed by atoms with Crippen LogP contribution in [-0.4, -0.2) is 23.1 Å². The van der Waals surface area contributed by atoms with E-state index in [-0.39, 0.29) is 0 Å². The number of ether oxygens (including phenoxy) is 1. The van der Waals surface area contributed by atoms with Gasteiger partial charge in [-0.15, -0.1) is 0 Å². The van der Waals surface area contributed by atoms with Gasteiger partial charge < -0.3 is 15.4 Å². The lowest BCUT2D eigenvalue weighted by molar-refractivity contribution is 0.416. The van der Waals surface area contributed by atoms with Gasteiger partial charge in [-0.3, -0.25) is 0 Å². The van der Waals surface area contributed by atoms with Crippen LogP contribution in [0.25, 0.3) is 0 Å². The molecule has 2 N–H and O–H groups in total. The summed E-state index contributed by atoms with van der Waals surface area (Å²) in [5.74, 6) is 2.44. The third kappa shape index (κ3) is 3.47. The molecule has 1 heterocycles. The first-order valence-electron chi connectivity index (χ1n) is 7.75. The molecule has 0 spiro atoms. The van der Waals surface area contributed by atoms with Crippen LogP contribution in [0, 0.1) is 6.92 Å². The fraction of sp³-hybridized carbons (Fsp3) is 0.412. The predicted molar refractivity (Wildman–Crippen MR) is 88.9 cm³/mol. The molecule has 1 aromatic heterocycles. The van der Waals surface area contributed by atoms with Crippen LogP contribution in [0.5, 0.6) is 5.75 Å². The van der Waals surface area contributed by atoms with Crippen LogP contribution in [-0.2, 0) is 0 Å². The van der Waals surface area contributed by atoms with E-state index in [4.69, 9.17) is 4.74 Å². The Morgan fingerprint density at radius 2 is 1.86 bits per heavy atom. The summed E-state index contributed by atoms with van der Waals surface area (Å²) in [6.07, 6.45) is 6.63. The number of hydrogen-bond acceptors (Lipinski definition) is 5. The summed E-state index contributed by atoms with van der Waals surface area (Å²) in [6.45, 7) is 2.05. The molecule has 3 rings (SSSR count). The first-order valence-corrected chi connectivity index (χ1v) is 7.75. The van der Waals surface area contributed by atoms with E-state index in [0.29, 0.717) is 6.04 Å². The fourth-order valence-corrected chi connectivity index (χ4v) is 2.84. The summed E-state index contributed by atoms with van der Waals surface area (Å²) in [5, 5.41) is 6.80. The zero-order valence-electron chi connectivity index (χ0n) is 13.1. The second kappa shape index (κ2) is 6.64. The predicted octanol–water partition coefficient (Wildman–Crippen LogP) is 3.89. The Hall–Kier alpha value is -2.30. The zero-order chi connectivity index (χ0) is 15.4. The molecule has 0 saturated heterocycles. The lowest BCUT2D eigenvalue weighted by atomic mass is 10.2. The molecule has 0 bridgehead atoms. The first kappa shape index (κ1) is 14.6. The molecule has 1 aliphatic carbocycles. The van der Waals surface area contributed by atoms with E-state index in [9.17, 15) is 0 Å². The van der Waals surface area contributed by atoms with Crippen molar-refractivity contribution in [2.24, 2.45) is 0 Å². The van der Waals surface area contributed by atoms with Crippen molar-refractivity contribution in [2.75, 3.05) is 17.7 Å². The highest BCUT2D eigenvalue weighted by Crippen LogP contribution is 2.28. The lowest BCUT2D eigenvalue weighted by Crippen LogP contribution is -2.15. The Balaban J connectivity index is 1.76. The van der Waals surface area contributed by atoms with Gasteiger partial charge in [0.1, 0.15) is 23.7 Å². The number of methoxy groups -OCH3 is 1. The monoisotopic (exact) mass is 298 g/mol. The molecule has 0 unspecified atom stereocenters. The van der Waals surface area contributed by atoms with Gasteiger partial charge in [-0.05, 0) is 37.5 Å². The minimum absolute atomic E-state index is 0.538. The maximum atomic E-state index is 5.39. The van der Waals surface area contributed by atoms with Crippen LogP contribution in [0.4, 0.5) is 17.3 Å². The molecule has 1 fully saturated rings. The quantitative estimate of drug-likeness (QED) is 0.877. The van der Waals surface area contributed by atoms with Crippen LogP contribution < -0.4 is 15.4 Å². The van der Waals surface area contributed by atoms with Crippen molar-refractivity contribution in [1.29, 1.82) is 0 Å². The van der Waals surface area contributed by atoms with Gasteiger partial charge >= 0.3 is 0 Å². The Morgan fingerprint density at radius 3 is 2.64 bits per heavy atom. The molecule has 116 valence electrons. The summed E-state index contributed by atoms with van der Waals surface area (Å²) in [7, 11) is 1.67. The smallest absolute Gasteiger partial charge is 0.142 e. The van der Waals surface area contributed by atoms with Gasteiger partial charge in [0.05, 0.1) is 12.8 Å². The standard InChI is InChI=1S/C17H22N4O/c1-12-7-8-15(22-2)14(9-12)21-17-10-16(18-11-19-17)20-13-5-3-4-6-13/h7-11,13H,3-6H2,1-2H3,(H2,18,19,20,21). The van der Waals surface area contributed by atoms with E-state index in [0.717, 1.165) is 23.1 Å². The van der Waals surface area contributed by atoms with Crippen molar-refractivity contribution in [1.82, 2.24) is 9.97 Å². The fourth-order valence-electron chi connectivity index (χ4n) is 2.84. The summed E-state index contributed by atoms with van der Waals surface area (Å²) >= 11 is 0. The molecule has 0 radical (unpaired) electrons. The van der Waals surface area contributed by atoms with Gasteiger partial charge in [0.2, 0.25) is 0 Å². The van der Waals surface area contributed by atoms with E-state index in [1.54, 1.807) is 13.4 Å². The summed E-state index contributed by atoms with van der Waals surface area (Å²) in [5.41, 5.74) is 2.08. The number of rotatable bonds is 5. The third-order valence-electron chi connectivity index (χ3n) is 3.99. The topological polar surface area (TPSA) is 59.1 Å². The van der Waals surface area contributed by atoms with Crippen molar-refractivity contribution in [3.05, 3.63) is 36.2 Å². The number of aromatic nitrogens is 2. The average molecular weight is 298 g/mol. The SMILES string of the molecule is COc1ccc(C)cc1Nc1cc(NC2CCCC2)ncn1. The third-order valence-corrected chi connectivity index (χ3v) is 3.99. The van der Waals surface area contributed by atoms with E-state index >= 15 is 0 Å². The normalized spacial score (nSPS) is 14.8. The molecule has 1 saturated carbocycles. The highest BCUT2D eigenvalue weighted by molar-refractivity contribution is 5.66. The molecule has 0 aliphatic heterocycles. The average Bonchev–Trinajstić information content (AvgIpc) is 3.01. The number of hydrogen-bond donors (Lipinski definition) is 2. The van der Waals surface area contributed by atoms with E-state index < -0.39 is 0 Å². The molecular weight excluding hydrogens is 276 g/mol. The number of nitrogens with one attached hydrogen (secondary N) is 2. The first-order chi connectivity index (χ1) is 10.7.